The fourth-order valence-electron chi connectivity index (χ4n) is 6.05. The Balaban J connectivity index is 1.28. The summed E-state index contributed by atoms with van der Waals surface area (Å²) in [5, 5.41) is 1.99. The fourth-order valence-corrected chi connectivity index (χ4v) is 6.05. The molecule has 3 heterocycles. The number of nitrogens with zero attached hydrogens (tertiary/aromatic N) is 4. The van der Waals surface area contributed by atoms with Crippen molar-refractivity contribution in [1.82, 2.24) is 15.0 Å². The molecule has 9 rings (SSSR count). The van der Waals surface area contributed by atoms with Crippen molar-refractivity contribution in [2.24, 2.45) is 0 Å². The van der Waals surface area contributed by atoms with E-state index in [1.807, 2.05) is 109 Å². The van der Waals surface area contributed by atoms with Gasteiger partial charge in [0.2, 0.25) is 0 Å². The summed E-state index contributed by atoms with van der Waals surface area (Å²) in [7, 11) is 0. The number of benzene rings is 6. The maximum Gasteiger partial charge on any atom is 0.167 e. The Hall–Kier alpha value is -6.27. The lowest BCUT2D eigenvalue weighted by Crippen LogP contribution is -2.15. The van der Waals surface area contributed by atoms with Crippen LogP contribution in [0.5, 0.6) is 11.5 Å². The van der Waals surface area contributed by atoms with Gasteiger partial charge in [-0.25, -0.2) is 15.0 Å². The van der Waals surface area contributed by atoms with Crippen molar-refractivity contribution in [3.8, 4) is 45.7 Å². The third-order valence-corrected chi connectivity index (χ3v) is 8.12. The van der Waals surface area contributed by atoms with Gasteiger partial charge in [0.25, 0.3) is 0 Å². The zero-order chi connectivity index (χ0) is 29.7. The summed E-state index contributed by atoms with van der Waals surface area (Å²) in [4.78, 5) is 17.0. The molecule has 1 aliphatic heterocycles. The van der Waals surface area contributed by atoms with Crippen LogP contribution in [0.2, 0.25) is 0 Å². The van der Waals surface area contributed by atoms with Crippen LogP contribution in [0.4, 0.5) is 17.1 Å². The van der Waals surface area contributed by atoms with Gasteiger partial charge < -0.3 is 9.15 Å². The third-order valence-electron chi connectivity index (χ3n) is 8.12. The van der Waals surface area contributed by atoms with E-state index in [1.165, 1.54) is 0 Å². The van der Waals surface area contributed by atoms with Crippen molar-refractivity contribution in [3.63, 3.8) is 0 Å². The smallest absolute Gasteiger partial charge is 0.167 e. The molecule has 8 aromatic rings. The zero-order valence-electron chi connectivity index (χ0n) is 24.0. The van der Waals surface area contributed by atoms with Crippen LogP contribution in [-0.2, 0) is 0 Å². The highest BCUT2D eigenvalue weighted by atomic mass is 16.5. The Morgan fingerprint density at radius 2 is 0.889 bits per heavy atom. The number of para-hydroxylation sites is 6. The second kappa shape index (κ2) is 10.2. The minimum Gasteiger partial charge on any atom is -0.453 e. The first-order chi connectivity index (χ1) is 22.3. The Morgan fingerprint density at radius 1 is 0.400 bits per heavy atom. The van der Waals surface area contributed by atoms with Gasteiger partial charge in [-0.15, -0.1) is 0 Å². The van der Waals surface area contributed by atoms with Gasteiger partial charge in [0.05, 0.1) is 22.6 Å². The second-order valence-corrected chi connectivity index (χ2v) is 10.8. The van der Waals surface area contributed by atoms with Crippen molar-refractivity contribution in [1.29, 1.82) is 0 Å². The normalized spacial score (nSPS) is 12.1. The van der Waals surface area contributed by atoms with Gasteiger partial charge in [-0.05, 0) is 36.4 Å². The van der Waals surface area contributed by atoms with Crippen LogP contribution in [0.15, 0.2) is 150 Å². The molecular formula is C39H24N4O2. The van der Waals surface area contributed by atoms with E-state index in [-0.39, 0.29) is 0 Å². The highest BCUT2D eigenvalue weighted by Crippen LogP contribution is 2.52. The molecule has 0 spiro atoms. The van der Waals surface area contributed by atoms with Crippen LogP contribution in [0, 0.1) is 0 Å². The number of fused-ring (bicyclic) bond motifs is 5. The Labute approximate surface area is 258 Å². The first-order valence-electron chi connectivity index (χ1n) is 14.8. The van der Waals surface area contributed by atoms with Gasteiger partial charge >= 0.3 is 0 Å². The van der Waals surface area contributed by atoms with E-state index in [2.05, 4.69) is 41.3 Å². The molecule has 1 aliphatic rings. The SMILES string of the molecule is c1ccc(-c2nc(-c3ccccc3)nc(-c3cccc4c3oc3c(N5c6ccccc6Oc6ccccc65)cccc34)n2)cc1. The van der Waals surface area contributed by atoms with Gasteiger partial charge in [0, 0.05) is 21.9 Å². The van der Waals surface area contributed by atoms with Crippen molar-refractivity contribution < 1.29 is 9.15 Å². The number of rotatable bonds is 4. The van der Waals surface area contributed by atoms with Gasteiger partial charge in [-0.1, -0.05) is 109 Å². The molecule has 0 atom stereocenters. The highest BCUT2D eigenvalue weighted by molar-refractivity contribution is 6.13. The Kier molecular flexibility index (Phi) is 5.71. The number of aromatic nitrogens is 3. The minimum atomic E-state index is 0.552. The summed E-state index contributed by atoms with van der Waals surface area (Å²) < 4.78 is 13.1. The van der Waals surface area contributed by atoms with Gasteiger partial charge in [0.15, 0.2) is 34.6 Å². The highest BCUT2D eigenvalue weighted by Gasteiger charge is 2.28. The molecule has 0 aliphatic carbocycles. The van der Waals surface area contributed by atoms with Crippen LogP contribution in [0.3, 0.4) is 0 Å². The minimum absolute atomic E-state index is 0.552. The van der Waals surface area contributed by atoms with Crippen molar-refractivity contribution in [2.45, 2.75) is 0 Å². The molecule has 0 unspecified atom stereocenters. The predicted octanol–water partition coefficient (Wildman–Crippen LogP) is 10.3. The van der Waals surface area contributed by atoms with Crippen LogP contribution in [0.1, 0.15) is 0 Å². The van der Waals surface area contributed by atoms with Gasteiger partial charge in [0.1, 0.15) is 5.58 Å². The number of furan rings is 1. The van der Waals surface area contributed by atoms with E-state index in [0.717, 1.165) is 67.2 Å². The number of ether oxygens (including phenoxy) is 1. The third kappa shape index (κ3) is 4.15. The van der Waals surface area contributed by atoms with Crippen LogP contribution in [-0.4, -0.2) is 15.0 Å². The maximum absolute atomic E-state index is 6.86. The molecule has 0 saturated heterocycles. The molecule has 0 amide bonds. The summed E-state index contributed by atoms with van der Waals surface area (Å²) in [6, 6.07) is 48.5. The summed E-state index contributed by atoms with van der Waals surface area (Å²) in [5.74, 6) is 3.34. The maximum atomic E-state index is 6.86. The van der Waals surface area contributed by atoms with Crippen LogP contribution in [0.25, 0.3) is 56.1 Å². The summed E-state index contributed by atoms with van der Waals surface area (Å²) >= 11 is 0. The van der Waals surface area contributed by atoms with E-state index < -0.39 is 0 Å². The van der Waals surface area contributed by atoms with Gasteiger partial charge in [-0.2, -0.15) is 0 Å². The lowest BCUT2D eigenvalue weighted by molar-refractivity contribution is 0.477. The van der Waals surface area contributed by atoms with E-state index in [9.17, 15) is 0 Å². The molecule has 212 valence electrons. The van der Waals surface area contributed by atoms with Crippen molar-refractivity contribution in [2.75, 3.05) is 4.90 Å². The van der Waals surface area contributed by atoms with E-state index in [4.69, 9.17) is 24.1 Å². The molecule has 6 aromatic carbocycles. The number of anilines is 3. The van der Waals surface area contributed by atoms with Crippen LogP contribution >= 0.6 is 0 Å². The number of hydrogen-bond donors (Lipinski definition) is 0. The summed E-state index contributed by atoms with van der Waals surface area (Å²) in [6.45, 7) is 0. The summed E-state index contributed by atoms with van der Waals surface area (Å²) in [6.07, 6.45) is 0. The number of hydrogen-bond acceptors (Lipinski definition) is 6. The van der Waals surface area contributed by atoms with E-state index in [1.54, 1.807) is 0 Å². The molecule has 0 saturated carbocycles. The topological polar surface area (TPSA) is 64.3 Å². The molecule has 0 N–H and O–H groups in total. The quantitative estimate of drug-likeness (QED) is 0.206. The Morgan fingerprint density at radius 3 is 1.51 bits per heavy atom. The lowest BCUT2D eigenvalue weighted by atomic mass is 10.1. The Bertz CT molecular complexity index is 2260. The van der Waals surface area contributed by atoms with E-state index >= 15 is 0 Å². The van der Waals surface area contributed by atoms with Gasteiger partial charge in [-0.3, -0.25) is 4.90 Å². The standard InChI is InChI=1S/C39H24N4O2/c1-3-13-25(14-4-1)37-40-38(26-15-5-2-6-16-26)42-39(41-37)29-19-11-17-27-28-18-12-22-32(36(28)45-35(27)29)43-30-20-7-9-23-33(30)44-34-24-10-8-21-31(34)43/h1-24H. The first kappa shape index (κ1) is 25.2. The predicted molar refractivity (Wildman–Crippen MR) is 178 cm³/mol. The van der Waals surface area contributed by atoms with Crippen molar-refractivity contribution in [3.05, 3.63) is 146 Å². The molecule has 45 heavy (non-hydrogen) atoms. The average Bonchev–Trinajstić information content (AvgIpc) is 3.51. The molecular weight excluding hydrogens is 556 g/mol. The average molecular weight is 581 g/mol. The monoisotopic (exact) mass is 580 g/mol. The van der Waals surface area contributed by atoms with Crippen LogP contribution < -0.4 is 9.64 Å². The summed E-state index contributed by atoms with van der Waals surface area (Å²) in [5.41, 5.74) is 6.94. The molecule has 0 bridgehead atoms. The van der Waals surface area contributed by atoms with Crippen molar-refractivity contribution >= 4 is 39.0 Å². The zero-order valence-corrected chi connectivity index (χ0v) is 24.0. The lowest BCUT2D eigenvalue weighted by Gasteiger charge is -2.32. The molecule has 2 aromatic heterocycles. The molecule has 6 nitrogen and oxygen atoms in total. The largest absolute Gasteiger partial charge is 0.453 e. The molecule has 0 fully saturated rings. The van der Waals surface area contributed by atoms with E-state index in [0.29, 0.717) is 17.5 Å². The molecule has 0 radical (unpaired) electrons. The first-order valence-corrected chi connectivity index (χ1v) is 14.8. The fraction of sp³-hybridized carbons (Fsp3) is 0. The molecule has 6 heteroatoms. The second-order valence-electron chi connectivity index (χ2n) is 10.8.